The number of nitrogens with two attached hydrogens (primary N) is 1. The monoisotopic (exact) mass is 386 g/mol. The van der Waals surface area contributed by atoms with Gasteiger partial charge in [-0.15, -0.1) is 24.0 Å². The predicted molar refractivity (Wildman–Crippen MR) is 93.3 cm³/mol. The molecule has 0 aliphatic heterocycles. The van der Waals surface area contributed by atoms with Gasteiger partial charge in [0.2, 0.25) is 0 Å². The van der Waals surface area contributed by atoms with Crippen molar-refractivity contribution in [1.29, 1.82) is 0 Å². The average Bonchev–Trinajstić information content (AvgIpc) is 3.02. The highest BCUT2D eigenvalue weighted by atomic mass is 127. The summed E-state index contributed by atoms with van der Waals surface area (Å²) in [5, 5.41) is 3.02. The maximum atomic E-state index is 5.87. The molecule has 1 aromatic heterocycles. The number of nitrogens with zero attached hydrogens (tertiary/aromatic N) is 2. The fourth-order valence-electron chi connectivity index (χ4n) is 3.69. The minimum absolute atomic E-state index is 0. The first kappa shape index (κ1) is 15.5. The molecule has 2 bridgehead atoms. The Hall–Kier alpha value is -0.850. The first-order chi connectivity index (χ1) is 9.31. The van der Waals surface area contributed by atoms with Crippen LogP contribution in [0.25, 0.3) is 0 Å². The van der Waals surface area contributed by atoms with E-state index in [2.05, 4.69) is 15.3 Å². The Morgan fingerprint density at radius 2 is 2.25 bits per heavy atom. The number of aromatic nitrogens is 1. The van der Waals surface area contributed by atoms with E-state index in [0.29, 0.717) is 5.96 Å². The lowest BCUT2D eigenvalue weighted by molar-refractivity contribution is 0.318. The van der Waals surface area contributed by atoms with Crippen molar-refractivity contribution in [3.05, 3.63) is 24.4 Å². The molecule has 0 spiro atoms. The second-order valence-corrected chi connectivity index (χ2v) is 5.83. The second-order valence-electron chi connectivity index (χ2n) is 5.83. The molecule has 3 atom stereocenters. The van der Waals surface area contributed by atoms with Crippen LogP contribution in [0.15, 0.2) is 29.4 Å². The van der Waals surface area contributed by atoms with Crippen molar-refractivity contribution in [3.63, 3.8) is 0 Å². The summed E-state index contributed by atoms with van der Waals surface area (Å²) in [5.41, 5.74) is 5.87. The van der Waals surface area contributed by atoms with E-state index in [1.54, 1.807) is 6.20 Å². The molecule has 0 saturated heterocycles. The lowest BCUT2D eigenvalue weighted by atomic mass is 9.86. The van der Waals surface area contributed by atoms with Crippen molar-refractivity contribution in [3.8, 4) is 0 Å². The summed E-state index contributed by atoms with van der Waals surface area (Å²) in [6.45, 7) is 0.833. The number of anilines is 1. The molecule has 1 aromatic rings. The van der Waals surface area contributed by atoms with Gasteiger partial charge in [-0.05, 0) is 55.6 Å². The number of aliphatic imine (C=N–C) groups is 1. The molecule has 5 heteroatoms. The van der Waals surface area contributed by atoms with Crippen molar-refractivity contribution < 1.29 is 0 Å². The van der Waals surface area contributed by atoms with E-state index in [9.17, 15) is 0 Å². The molecule has 2 fully saturated rings. The zero-order chi connectivity index (χ0) is 13.1. The number of fused-ring (bicyclic) bond motifs is 2. The Morgan fingerprint density at radius 3 is 2.90 bits per heavy atom. The van der Waals surface area contributed by atoms with Gasteiger partial charge in [0.1, 0.15) is 5.82 Å². The van der Waals surface area contributed by atoms with Gasteiger partial charge in [-0.2, -0.15) is 0 Å². The highest BCUT2D eigenvalue weighted by Crippen LogP contribution is 2.49. The first-order valence-corrected chi connectivity index (χ1v) is 7.29. The molecule has 3 unspecified atom stereocenters. The third-order valence-corrected chi connectivity index (χ3v) is 4.59. The highest BCUT2D eigenvalue weighted by Gasteiger charge is 2.38. The molecule has 1 heterocycles. The van der Waals surface area contributed by atoms with Gasteiger partial charge in [0.05, 0.1) is 0 Å². The second kappa shape index (κ2) is 7.24. The van der Waals surface area contributed by atoms with Crippen molar-refractivity contribution >= 4 is 35.8 Å². The summed E-state index contributed by atoms with van der Waals surface area (Å²) in [7, 11) is 0. The number of halogens is 1. The van der Waals surface area contributed by atoms with Crippen LogP contribution < -0.4 is 11.1 Å². The van der Waals surface area contributed by atoms with E-state index in [4.69, 9.17) is 5.73 Å². The van der Waals surface area contributed by atoms with Crippen molar-refractivity contribution in [2.24, 2.45) is 28.5 Å². The van der Waals surface area contributed by atoms with Gasteiger partial charge in [0.15, 0.2) is 5.96 Å². The molecule has 0 amide bonds. The molecule has 2 saturated carbocycles. The van der Waals surface area contributed by atoms with Crippen LogP contribution in [0, 0.1) is 17.8 Å². The lowest BCUT2D eigenvalue weighted by Crippen LogP contribution is -2.23. The SMILES string of the molecule is I.NC(=NCCC1CC2CCC1C2)Nc1ccccn1. The van der Waals surface area contributed by atoms with Crippen molar-refractivity contribution in [1.82, 2.24) is 4.98 Å². The Morgan fingerprint density at radius 1 is 1.35 bits per heavy atom. The van der Waals surface area contributed by atoms with Gasteiger partial charge < -0.3 is 11.1 Å². The molecule has 3 rings (SSSR count). The molecule has 110 valence electrons. The summed E-state index contributed by atoms with van der Waals surface area (Å²) in [6, 6.07) is 5.70. The number of hydrogen-bond acceptors (Lipinski definition) is 2. The van der Waals surface area contributed by atoms with E-state index in [-0.39, 0.29) is 24.0 Å². The zero-order valence-corrected chi connectivity index (χ0v) is 14.0. The maximum absolute atomic E-state index is 5.87. The quantitative estimate of drug-likeness (QED) is 0.475. The summed E-state index contributed by atoms with van der Waals surface area (Å²) in [4.78, 5) is 8.57. The molecule has 0 radical (unpaired) electrons. The minimum atomic E-state index is 0. The van der Waals surface area contributed by atoms with Crippen LogP contribution in [0.5, 0.6) is 0 Å². The van der Waals surface area contributed by atoms with E-state index >= 15 is 0 Å². The van der Waals surface area contributed by atoms with Crippen LogP contribution in [-0.4, -0.2) is 17.5 Å². The molecule has 3 N–H and O–H groups in total. The Kier molecular flexibility index (Phi) is 5.63. The van der Waals surface area contributed by atoms with Crippen molar-refractivity contribution in [2.45, 2.75) is 32.1 Å². The van der Waals surface area contributed by atoms with Gasteiger partial charge in [-0.1, -0.05) is 12.5 Å². The highest BCUT2D eigenvalue weighted by molar-refractivity contribution is 14.0. The molecule has 2 aliphatic carbocycles. The van der Waals surface area contributed by atoms with Crippen LogP contribution >= 0.6 is 24.0 Å². The van der Waals surface area contributed by atoms with E-state index in [1.807, 2.05) is 18.2 Å². The van der Waals surface area contributed by atoms with E-state index < -0.39 is 0 Å². The Balaban J connectivity index is 0.00000147. The maximum Gasteiger partial charge on any atom is 0.194 e. The standard InChI is InChI=1S/C15H22N4.HI/c16-15(19-14-3-1-2-7-17-14)18-8-6-13-10-11-4-5-12(13)9-11;/h1-3,7,11-13H,4-6,8-10H2,(H3,16,17,18,19);1H. The normalized spacial score (nSPS) is 28.2. The smallest absolute Gasteiger partial charge is 0.194 e. The fraction of sp³-hybridized carbons (Fsp3) is 0.600. The van der Waals surface area contributed by atoms with Gasteiger partial charge in [-0.25, -0.2) is 4.98 Å². The van der Waals surface area contributed by atoms with Crippen LogP contribution in [0.1, 0.15) is 32.1 Å². The molecule has 2 aliphatic rings. The van der Waals surface area contributed by atoms with E-state index in [1.165, 1.54) is 32.1 Å². The molecule has 4 nitrogen and oxygen atoms in total. The summed E-state index contributed by atoms with van der Waals surface area (Å²) < 4.78 is 0. The minimum Gasteiger partial charge on any atom is -0.370 e. The van der Waals surface area contributed by atoms with Crippen LogP contribution in [-0.2, 0) is 0 Å². The molecule has 20 heavy (non-hydrogen) atoms. The van der Waals surface area contributed by atoms with Gasteiger partial charge in [0.25, 0.3) is 0 Å². The average molecular weight is 386 g/mol. The fourth-order valence-corrected chi connectivity index (χ4v) is 3.69. The zero-order valence-electron chi connectivity index (χ0n) is 11.7. The van der Waals surface area contributed by atoms with Gasteiger partial charge >= 0.3 is 0 Å². The Labute approximate surface area is 137 Å². The van der Waals surface area contributed by atoms with E-state index in [0.717, 1.165) is 30.1 Å². The number of nitrogens with one attached hydrogen (secondary N) is 1. The van der Waals surface area contributed by atoms with Crippen molar-refractivity contribution in [2.75, 3.05) is 11.9 Å². The van der Waals surface area contributed by atoms with Crippen LogP contribution in [0.4, 0.5) is 5.82 Å². The van der Waals surface area contributed by atoms with Gasteiger partial charge in [-0.3, -0.25) is 4.99 Å². The van der Waals surface area contributed by atoms with Gasteiger partial charge in [0, 0.05) is 12.7 Å². The largest absolute Gasteiger partial charge is 0.370 e. The number of pyridine rings is 1. The summed E-state index contributed by atoms with van der Waals surface area (Å²) in [5.74, 6) is 4.11. The molecular formula is C15H23IN4. The number of hydrogen-bond donors (Lipinski definition) is 2. The number of guanidine groups is 1. The summed E-state index contributed by atoms with van der Waals surface area (Å²) >= 11 is 0. The summed E-state index contributed by atoms with van der Waals surface area (Å²) in [6.07, 6.45) is 8.73. The van der Waals surface area contributed by atoms with Crippen LogP contribution in [0.3, 0.4) is 0 Å². The number of rotatable bonds is 4. The third-order valence-electron chi connectivity index (χ3n) is 4.59. The third kappa shape index (κ3) is 3.84. The Bertz CT molecular complexity index is 448. The molecule has 0 aromatic carbocycles. The topological polar surface area (TPSA) is 63.3 Å². The van der Waals surface area contributed by atoms with Crippen LogP contribution in [0.2, 0.25) is 0 Å². The lowest BCUT2D eigenvalue weighted by Gasteiger charge is -2.20. The first-order valence-electron chi connectivity index (χ1n) is 7.29. The molecular weight excluding hydrogens is 363 g/mol. The predicted octanol–water partition coefficient (Wildman–Crippen LogP) is 3.25.